The quantitative estimate of drug-likeness (QED) is 0.392. The van der Waals surface area contributed by atoms with Crippen LogP contribution in [-0.2, 0) is 10.0 Å². The van der Waals surface area contributed by atoms with Gasteiger partial charge in [0.1, 0.15) is 17.1 Å². The van der Waals surface area contributed by atoms with Gasteiger partial charge < -0.3 is 10.2 Å². The second kappa shape index (κ2) is 10.3. The molecule has 150 valence electrons. The first-order valence-corrected chi connectivity index (χ1v) is 10.0. The molecule has 0 aliphatic heterocycles. The zero-order valence-corrected chi connectivity index (χ0v) is 16.2. The summed E-state index contributed by atoms with van der Waals surface area (Å²) < 4.78 is 27.5. The average Bonchev–Trinajstić information content (AvgIpc) is 2.69. The fraction of sp³-hybridized carbons (Fsp3) is 0.0476. The number of benzene rings is 2. The standard InChI is InChI=1S/C21H18N2O5S.K.H/c1-14-3-2-12-22-20(14)23-29(27,28)17-9-6-15(7-10-17)4-5-16-8-11-19(24)18(13-16)21(25)26;;/h2-13,24H,1H3,(H,22,23)(H,25,26);;. The van der Waals surface area contributed by atoms with E-state index in [0.717, 1.165) is 5.56 Å². The Morgan fingerprint density at radius 2 is 1.67 bits per heavy atom. The average molecular weight is 451 g/mol. The Labute approximate surface area is 217 Å². The first kappa shape index (κ1) is 24.3. The molecule has 0 spiro atoms. The van der Waals surface area contributed by atoms with Gasteiger partial charge in [-0.25, -0.2) is 18.2 Å². The summed E-state index contributed by atoms with van der Waals surface area (Å²) in [6.07, 6.45) is 4.90. The number of anilines is 1. The minimum atomic E-state index is -3.77. The molecular weight excluding hydrogens is 431 g/mol. The van der Waals surface area contributed by atoms with E-state index in [1.807, 2.05) is 0 Å². The van der Waals surface area contributed by atoms with Crippen molar-refractivity contribution in [2.75, 3.05) is 4.72 Å². The van der Waals surface area contributed by atoms with Crippen LogP contribution >= 0.6 is 0 Å². The molecule has 30 heavy (non-hydrogen) atoms. The predicted molar refractivity (Wildman–Crippen MR) is 117 cm³/mol. The third-order valence-corrected chi connectivity index (χ3v) is 5.50. The summed E-state index contributed by atoms with van der Waals surface area (Å²) in [6, 6.07) is 13.9. The number of aromatic carboxylic acids is 1. The number of sulfonamides is 1. The molecule has 1 aromatic heterocycles. The van der Waals surface area contributed by atoms with Gasteiger partial charge in [-0.1, -0.05) is 36.4 Å². The van der Waals surface area contributed by atoms with E-state index in [4.69, 9.17) is 5.11 Å². The third kappa shape index (κ3) is 6.00. The van der Waals surface area contributed by atoms with E-state index >= 15 is 0 Å². The summed E-state index contributed by atoms with van der Waals surface area (Å²) >= 11 is 0. The van der Waals surface area contributed by atoms with Crippen LogP contribution in [0.2, 0.25) is 0 Å². The number of hydrogen-bond acceptors (Lipinski definition) is 5. The van der Waals surface area contributed by atoms with E-state index in [1.54, 1.807) is 49.4 Å². The number of pyridine rings is 1. The molecule has 0 fully saturated rings. The van der Waals surface area contributed by atoms with Crippen molar-refractivity contribution in [2.45, 2.75) is 11.8 Å². The van der Waals surface area contributed by atoms with Gasteiger partial charge in [0, 0.05) is 6.20 Å². The Morgan fingerprint density at radius 1 is 1.03 bits per heavy atom. The molecule has 0 bridgehead atoms. The summed E-state index contributed by atoms with van der Waals surface area (Å²) in [7, 11) is -3.77. The number of phenols is 1. The van der Waals surface area contributed by atoms with Crippen molar-refractivity contribution in [1.29, 1.82) is 0 Å². The van der Waals surface area contributed by atoms with Crippen LogP contribution in [0.1, 0.15) is 27.0 Å². The number of hydrogen-bond donors (Lipinski definition) is 3. The molecule has 1 heterocycles. The van der Waals surface area contributed by atoms with Crippen LogP contribution in [-0.4, -0.2) is 81.0 Å². The number of aryl methyl sites for hydroxylation is 1. The Kier molecular flexibility index (Phi) is 8.36. The normalized spacial score (nSPS) is 11.1. The van der Waals surface area contributed by atoms with E-state index in [1.165, 1.54) is 30.5 Å². The summed E-state index contributed by atoms with van der Waals surface area (Å²) in [5, 5.41) is 18.6. The van der Waals surface area contributed by atoms with E-state index in [-0.39, 0.29) is 73.4 Å². The fourth-order valence-electron chi connectivity index (χ4n) is 2.56. The molecule has 7 nitrogen and oxygen atoms in total. The van der Waals surface area contributed by atoms with Gasteiger partial charge in [-0.05, 0) is 53.9 Å². The maximum absolute atomic E-state index is 12.5. The molecule has 9 heteroatoms. The number of rotatable bonds is 6. The monoisotopic (exact) mass is 450 g/mol. The van der Waals surface area contributed by atoms with Crippen LogP contribution in [0.3, 0.4) is 0 Å². The topological polar surface area (TPSA) is 117 Å². The fourth-order valence-corrected chi connectivity index (χ4v) is 3.64. The van der Waals surface area contributed by atoms with Crippen LogP contribution in [0.15, 0.2) is 65.7 Å². The summed E-state index contributed by atoms with van der Waals surface area (Å²) in [5.41, 5.74) is 1.84. The number of carboxylic acids is 1. The SMILES string of the molecule is Cc1cccnc1NS(=O)(=O)c1ccc(C=Cc2ccc(O)c(C(=O)O)c2)cc1.[KH]. The predicted octanol–water partition coefficient (Wildman–Crippen LogP) is 3.12. The van der Waals surface area contributed by atoms with E-state index in [0.29, 0.717) is 11.1 Å². The van der Waals surface area contributed by atoms with Crippen molar-refractivity contribution >= 4 is 85.3 Å². The number of carboxylic acid groups (broad SMARTS) is 1. The van der Waals surface area contributed by atoms with Gasteiger partial charge in [-0.15, -0.1) is 0 Å². The molecule has 0 aliphatic carbocycles. The van der Waals surface area contributed by atoms with Crippen molar-refractivity contribution in [3.8, 4) is 5.75 Å². The van der Waals surface area contributed by atoms with Crippen LogP contribution in [0.5, 0.6) is 5.75 Å². The van der Waals surface area contributed by atoms with Gasteiger partial charge in [0.05, 0.1) is 4.90 Å². The van der Waals surface area contributed by atoms with Crippen molar-refractivity contribution in [1.82, 2.24) is 4.98 Å². The minimum absolute atomic E-state index is 0. The first-order chi connectivity index (χ1) is 13.8. The molecule has 0 amide bonds. The molecule has 2 aromatic carbocycles. The zero-order valence-electron chi connectivity index (χ0n) is 15.4. The van der Waals surface area contributed by atoms with Crippen LogP contribution < -0.4 is 4.72 Å². The van der Waals surface area contributed by atoms with Crippen molar-refractivity contribution in [2.24, 2.45) is 0 Å². The molecule has 3 rings (SSSR count). The molecular formula is C21H19KN2O5S. The van der Waals surface area contributed by atoms with E-state index in [2.05, 4.69) is 9.71 Å². The Morgan fingerprint density at radius 3 is 2.30 bits per heavy atom. The van der Waals surface area contributed by atoms with Gasteiger partial charge in [0.15, 0.2) is 0 Å². The molecule has 0 saturated heterocycles. The third-order valence-electron chi connectivity index (χ3n) is 4.15. The van der Waals surface area contributed by atoms with Crippen LogP contribution in [0, 0.1) is 6.92 Å². The summed E-state index contributed by atoms with van der Waals surface area (Å²) in [4.78, 5) is 15.2. The van der Waals surface area contributed by atoms with Gasteiger partial charge in [-0.3, -0.25) is 4.72 Å². The molecule has 0 unspecified atom stereocenters. The Balaban J connectivity index is 0.00000320. The number of aromatic hydroxyl groups is 1. The van der Waals surface area contributed by atoms with Crippen molar-refractivity contribution < 1.29 is 23.4 Å². The molecule has 3 N–H and O–H groups in total. The Hall–Kier alpha value is -2.01. The molecule has 0 atom stereocenters. The van der Waals surface area contributed by atoms with E-state index in [9.17, 15) is 18.3 Å². The second-order valence-electron chi connectivity index (χ2n) is 6.26. The van der Waals surface area contributed by atoms with Gasteiger partial charge >= 0.3 is 57.4 Å². The zero-order chi connectivity index (χ0) is 21.0. The van der Waals surface area contributed by atoms with E-state index < -0.39 is 16.0 Å². The number of nitrogens with one attached hydrogen (secondary N) is 1. The van der Waals surface area contributed by atoms with Crippen LogP contribution in [0.4, 0.5) is 5.82 Å². The number of aromatic nitrogens is 1. The van der Waals surface area contributed by atoms with Crippen molar-refractivity contribution in [3.05, 3.63) is 83.0 Å². The first-order valence-electron chi connectivity index (χ1n) is 8.55. The van der Waals surface area contributed by atoms with Gasteiger partial charge in [-0.2, -0.15) is 0 Å². The number of nitrogens with zero attached hydrogens (tertiary/aromatic N) is 1. The second-order valence-corrected chi connectivity index (χ2v) is 7.94. The summed E-state index contributed by atoms with van der Waals surface area (Å²) in [5.74, 6) is -1.25. The Bertz CT molecular complexity index is 1190. The molecule has 0 saturated carbocycles. The van der Waals surface area contributed by atoms with Crippen LogP contribution in [0.25, 0.3) is 12.2 Å². The molecule has 0 aliphatic rings. The molecule has 3 aromatic rings. The van der Waals surface area contributed by atoms with Gasteiger partial charge in [0.2, 0.25) is 0 Å². The van der Waals surface area contributed by atoms with Gasteiger partial charge in [0.25, 0.3) is 10.0 Å². The number of carbonyl (C=O) groups is 1. The molecule has 0 radical (unpaired) electrons. The maximum atomic E-state index is 12.5. The van der Waals surface area contributed by atoms with Crippen molar-refractivity contribution in [3.63, 3.8) is 0 Å². The summed E-state index contributed by atoms with van der Waals surface area (Å²) in [6.45, 7) is 1.76.